The van der Waals surface area contributed by atoms with Gasteiger partial charge in [0.1, 0.15) is 12.4 Å². The van der Waals surface area contributed by atoms with Crippen molar-refractivity contribution in [2.45, 2.75) is 20.8 Å². The molecular weight excluding hydrogens is 248 g/mol. The van der Waals surface area contributed by atoms with Gasteiger partial charge in [-0.1, -0.05) is 32.0 Å². The SMILES string of the molecule is Cc1ccccc1OCCN1CCN(CC(C)C)CC1. The van der Waals surface area contributed by atoms with Crippen LogP contribution in [0.5, 0.6) is 5.75 Å². The van der Waals surface area contributed by atoms with Crippen molar-refractivity contribution in [1.82, 2.24) is 9.80 Å². The second-order valence-electron chi connectivity index (χ2n) is 6.15. The largest absolute Gasteiger partial charge is 0.492 e. The number of para-hydroxylation sites is 1. The zero-order valence-corrected chi connectivity index (χ0v) is 13.1. The Morgan fingerprint density at radius 1 is 1.05 bits per heavy atom. The predicted octanol–water partition coefficient (Wildman–Crippen LogP) is 2.65. The first-order chi connectivity index (χ1) is 9.65. The van der Waals surface area contributed by atoms with E-state index >= 15 is 0 Å². The van der Waals surface area contributed by atoms with Gasteiger partial charge in [-0.2, -0.15) is 0 Å². The van der Waals surface area contributed by atoms with Gasteiger partial charge in [0, 0.05) is 39.3 Å². The highest BCUT2D eigenvalue weighted by molar-refractivity contribution is 5.31. The molecule has 1 heterocycles. The Bertz CT molecular complexity index is 398. The number of ether oxygens (including phenoxy) is 1. The molecule has 0 spiro atoms. The summed E-state index contributed by atoms with van der Waals surface area (Å²) in [5.41, 5.74) is 1.22. The maximum Gasteiger partial charge on any atom is 0.122 e. The summed E-state index contributed by atoms with van der Waals surface area (Å²) in [5.74, 6) is 1.79. The third kappa shape index (κ3) is 4.80. The first kappa shape index (κ1) is 15.3. The number of piperazine rings is 1. The highest BCUT2D eigenvalue weighted by Gasteiger charge is 2.17. The van der Waals surface area contributed by atoms with Gasteiger partial charge in [0.15, 0.2) is 0 Å². The molecule has 1 aliphatic heterocycles. The molecule has 0 atom stereocenters. The van der Waals surface area contributed by atoms with Crippen LogP contribution in [0.15, 0.2) is 24.3 Å². The summed E-state index contributed by atoms with van der Waals surface area (Å²) in [5, 5.41) is 0. The van der Waals surface area contributed by atoms with E-state index in [1.54, 1.807) is 0 Å². The van der Waals surface area contributed by atoms with Gasteiger partial charge in [-0.05, 0) is 24.5 Å². The van der Waals surface area contributed by atoms with E-state index < -0.39 is 0 Å². The van der Waals surface area contributed by atoms with E-state index in [2.05, 4.69) is 48.8 Å². The molecular formula is C17H28N2O. The summed E-state index contributed by atoms with van der Waals surface area (Å²) in [4.78, 5) is 5.08. The quantitative estimate of drug-likeness (QED) is 0.794. The summed E-state index contributed by atoms with van der Waals surface area (Å²) in [7, 11) is 0. The molecule has 1 aromatic carbocycles. The van der Waals surface area contributed by atoms with E-state index in [1.807, 2.05) is 6.07 Å². The Balaban J connectivity index is 1.65. The number of hydrogen-bond donors (Lipinski definition) is 0. The number of rotatable bonds is 6. The van der Waals surface area contributed by atoms with Crippen LogP contribution in [-0.4, -0.2) is 55.7 Å². The molecule has 2 rings (SSSR count). The molecule has 1 saturated heterocycles. The van der Waals surface area contributed by atoms with Crippen LogP contribution in [-0.2, 0) is 0 Å². The van der Waals surface area contributed by atoms with Gasteiger partial charge in [-0.3, -0.25) is 4.90 Å². The summed E-state index contributed by atoms with van der Waals surface area (Å²) in [6.45, 7) is 14.5. The Hall–Kier alpha value is -1.06. The molecule has 0 aromatic heterocycles. The maximum atomic E-state index is 5.88. The number of nitrogens with zero attached hydrogens (tertiary/aromatic N) is 2. The molecule has 0 N–H and O–H groups in total. The molecule has 0 aliphatic carbocycles. The molecule has 0 radical (unpaired) electrons. The number of aryl methyl sites for hydroxylation is 1. The van der Waals surface area contributed by atoms with Gasteiger partial charge in [0.2, 0.25) is 0 Å². The van der Waals surface area contributed by atoms with Gasteiger partial charge < -0.3 is 9.64 Å². The van der Waals surface area contributed by atoms with E-state index in [9.17, 15) is 0 Å². The summed E-state index contributed by atoms with van der Waals surface area (Å²) < 4.78 is 5.88. The highest BCUT2D eigenvalue weighted by Crippen LogP contribution is 2.16. The molecule has 3 nitrogen and oxygen atoms in total. The van der Waals surface area contributed by atoms with Crippen LogP contribution < -0.4 is 4.74 Å². The van der Waals surface area contributed by atoms with E-state index in [1.165, 1.54) is 38.3 Å². The van der Waals surface area contributed by atoms with Crippen molar-refractivity contribution >= 4 is 0 Å². The molecule has 0 amide bonds. The van der Waals surface area contributed by atoms with Crippen molar-refractivity contribution in [3.8, 4) is 5.75 Å². The topological polar surface area (TPSA) is 15.7 Å². The average Bonchev–Trinajstić information content (AvgIpc) is 2.42. The lowest BCUT2D eigenvalue weighted by Crippen LogP contribution is -2.48. The second kappa shape index (κ2) is 7.65. The van der Waals surface area contributed by atoms with E-state index in [0.29, 0.717) is 0 Å². The smallest absolute Gasteiger partial charge is 0.122 e. The lowest BCUT2D eigenvalue weighted by atomic mass is 10.2. The summed E-state index contributed by atoms with van der Waals surface area (Å²) in [6, 6.07) is 8.24. The molecule has 1 aromatic rings. The van der Waals surface area contributed by atoms with Crippen LogP contribution in [0.1, 0.15) is 19.4 Å². The number of benzene rings is 1. The van der Waals surface area contributed by atoms with Gasteiger partial charge in [-0.25, -0.2) is 0 Å². The van der Waals surface area contributed by atoms with Crippen molar-refractivity contribution in [3.05, 3.63) is 29.8 Å². The second-order valence-corrected chi connectivity index (χ2v) is 6.15. The van der Waals surface area contributed by atoms with Crippen molar-refractivity contribution in [2.24, 2.45) is 5.92 Å². The Labute approximate surface area is 123 Å². The standard InChI is InChI=1S/C17H28N2O/c1-15(2)14-19-10-8-18(9-11-19)12-13-20-17-7-5-4-6-16(17)3/h4-7,15H,8-14H2,1-3H3. The van der Waals surface area contributed by atoms with Crippen LogP contribution in [0.2, 0.25) is 0 Å². The molecule has 3 heteroatoms. The number of hydrogen-bond acceptors (Lipinski definition) is 3. The lowest BCUT2D eigenvalue weighted by Gasteiger charge is -2.35. The fourth-order valence-corrected chi connectivity index (χ4v) is 2.71. The van der Waals surface area contributed by atoms with Gasteiger partial charge in [-0.15, -0.1) is 0 Å². The molecule has 20 heavy (non-hydrogen) atoms. The van der Waals surface area contributed by atoms with Gasteiger partial charge >= 0.3 is 0 Å². The normalized spacial score (nSPS) is 17.6. The van der Waals surface area contributed by atoms with E-state index in [0.717, 1.165) is 24.8 Å². The average molecular weight is 276 g/mol. The Morgan fingerprint density at radius 2 is 1.70 bits per heavy atom. The van der Waals surface area contributed by atoms with Crippen molar-refractivity contribution in [1.29, 1.82) is 0 Å². The van der Waals surface area contributed by atoms with Crippen LogP contribution in [0.4, 0.5) is 0 Å². The third-order valence-electron chi connectivity index (χ3n) is 3.85. The molecule has 0 unspecified atom stereocenters. The fourth-order valence-electron chi connectivity index (χ4n) is 2.71. The van der Waals surface area contributed by atoms with Crippen LogP contribution in [0.3, 0.4) is 0 Å². The Kier molecular flexibility index (Phi) is 5.86. The molecule has 1 aliphatic rings. The minimum absolute atomic E-state index is 0.769. The highest BCUT2D eigenvalue weighted by atomic mass is 16.5. The molecule has 0 saturated carbocycles. The van der Waals surface area contributed by atoms with E-state index in [4.69, 9.17) is 4.74 Å². The zero-order valence-electron chi connectivity index (χ0n) is 13.1. The lowest BCUT2D eigenvalue weighted by molar-refractivity contribution is 0.109. The van der Waals surface area contributed by atoms with Crippen LogP contribution in [0.25, 0.3) is 0 Å². The van der Waals surface area contributed by atoms with Gasteiger partial charge in [0.25, 0.3) is 0 Å². The van der Waals surface area contributed by atoms with Crippen molar-refractivity contribution in [3.63, 3.8) is 0 Å². The first-order valence-electron chi connectivity index (χ1n) is 7.78. The predicted molar refractivity (Wildman–Crippen MR) is 84.4 cm³/mol. The molecule has 112 valence electrons. The van der Waals surface area contributed by atoms with Crippen LogP contribution in [0, 0.1) is 12.8 Å². The van der Waals surface area contributed by atoms with Crippen molar-refractivity contribution < 1.29 is 4.74 Å². The minimum Gasteiger partial charge on any atom is -0.492 e. The minimum atomic E-state index is 0.769. The third-order valence-corrected chi connectivity index (χ3v) is 3.85. The van der Waals surface area contributed by atoms with Crippen LogP contribution >= 0.6 is 0 Å². The van der Waals surface area contributed by atoms with Gasteiger partial charge in [0.05, 0.1) is 0 Å². The summed E-state index contributed by atoms with van der Waals surface area (Å²) >= 11 is 0. The maximum absolute atomic E-state index is 5.88. The zero-order chi connectivity index (χ0) is 14.4. The first-order valence-corrected chi connectivity index (χ1v) is 7.78. The monoisotopic (exact) mass is 276 g/mol. The fraction of sp³-hybridized carbons (Fsp3) is 0.647. The molecule has 0 bridgehead atoms. The Morgan fingerprint density at radius 3 is 2.35 bits per heavy atom. The van der Waals surface area contributed by atoms with E-state index in [-0.39, 0.29) is 0 Å². The summed E-state index contributed by atoms with van der Waals surface area (Å²) in [6.07, 6.45) is 0. The molecule has 1 fully saturated rings. The van der Waals surface area contributed by atoms with Crippen molar-refractivity contribution in [2.75, 3.05) is 45.9 Å².